The number of nitrogens with one attached hydrogen (secondary N) is 1. The molecule has 1 unspecified atom stereocenters. The van der Waals surface area contributed by atoms with Crippen molar-refractivity contribution in [1.29, 1.82) is 0 Å². The SMILES string of the molecule is COCCC(N)C(=O)Nc1cc(Cl)c(C)cc1Br. The van der Waals surface area contributed by atoms with Crippen molar-refractivity contribution in [3.8, 4) is 0 Å². The molecule has 0 radical (unpaired) electrons. The zero-order valence-electron chi connectivity index (χ0n) is 10.3. The molecular weight excluding hydrogens is 320 g/mol. The van der Waals surface area contributed by atoms with Crippen molar-refractivity contribution in [2.75, 3.05) is 19.0 Å². The van der Waals surface area contributed by atoms with E-state index in [1.807, 2.05) is 13.0 Å². The van der Waals surface area contributed by atoms with E-state index in [0.29, 0.717) is 23.7 Å². The highest BCUT2D eigenvalue weighted by Crippen LogP contribution is 2.29. The first kappa shape index (κ1) is 15.4. The van der Waals surface area contributed by atoms with Gasteiger partial charge in [-0.15, -0.1) is 0 Å². The first-order valence-electron chi connectivity index (χ1n) is 5.46. The van der Waals surface area contributed by atoms with Crippen molar-refractivity contribution in [2.24, 2.45) is 5.73 Å². The van der Waals surface area contributed by atoms with Crippen molar-refractivity contribution in [2.45, 2.75) is 19.4 Å². The fraction of sp³-hybridized carbons (Fsp3) is 0.417. The molecule has 0 aliphatic rings. The van der Waals surface area contributed by atoms with Crippen LogP contribution in [0, 0.1) is 6.92 Å². The van der Waals surface area contributed by atoms with Crippen LogP contribution in [0.2, 0.25) is 5.02 Å². The standard InChI is InChI=1S/C12H16BrClN2O2/c1-7-5-8(13)11(6-9(7)14)16-12(17)10(15)3-4-18-2/h5-6,10H,3-4,15H2,1-2H3,(H,16,17). The Morgan fingerprint density at radius 2 is 2.28 bits per heavy atom. The van der Waals surface area contributed by atoms with E-state index in [0.717, 1.165) is 10.0 Å². The van der Waals surface area contributed by atoms with E-state index in [1.165, 1.54) is 0 Å². The minimum Gasteiger partial charge on any atom is -0.385 e. The van der Waals surface area contributed by atoms with Crippen LogP contribution in [-0.4, -0.2) is 25.7 Å². The molecule has 0 fully saturated rings. The second-order valence-electron chi connectivity index (χ2n) is 3.96. The Balaban J connectivity index is 2.72. The molecule has 6 heteroatoms. The van der Waals surface area contributed by atoms with Gasteiger partial charge in [0.2, 0.25) is 5.91 Å². The summed E-state index contributed by atoms with van der Waals surface area (Å²) in [5.41, 5.74) is 7.28. The Kier molecular flexibility index (Phi) is 6.08. The third-order valence-corrected chi connectivity index (χ3v) is 3.54. The molecule has 1 atom stereocenters. The summed E-state index contributed by atoms with van der Waals surface area (Å²) in [6.45, 7) is 2.34. The van der Waals surface area contributed by atoms with Crippen LogP contribution in [0.15, 0.2) is 16.6 Å². The molecule has 1 aromatic carbocycles. The number of rotatable bonds is 5. The minimum atomic E-state index is -0.600. The lowest BCUT2D eigenvalue weighted by atomic mass is 10.2. The van der Waals surface area contributed by atoms with E-state index in [4.69, 9.17) is 22.1 Å². The molecule has 100 valence electrons. The van der Waals surface area contributed by atoms with Gasteiger partial charge in [-0.3, -0.25) is 4.79 Å². The zero-order valence-corrected chi connectivity index (χ0v) is 12.6. The van der Waals surface area contributed by atoms with Gasteiger partial charge < -0.3 is 15.8 Å². The van der Waals surface area contributed by atoms with Gasteiger partial charge in [0, 0.05) is 23.2 Å². The van der Waals surface area contributed by atoms with Crippen molar-refractivity contribution in [3.63, 3.8) is 0 Å². The van der Waals surface area contributed by atoms with E-state index in [1.54, 1.807) is 13.2 Å². The number of anilines is 1. The van der Waals surface area contributed by atoms with Gasteiger partial charge in [-0.1, -0.05) is 11.6 Å². The second kappa shape index (κ2) is 7.09. The van der Waals surface area contributed by atoms with Crippen LogP contribution < -0.4 is 11.1 Å². The van der Waals surface area contributed by atoms with E-state index in [2.05, 4.69) is 21.2 Å². The Hall–Kier alpha value is -0.620. The monoisotopic (exact) mass is 334 g/mol. The smallest absolute Gasteiger partial charge is 0.241 e. The quantitative estimate of drug-likeness (QED) is 0.869. The van der Waals surface area contributed by atoms with Crippen molar-refractivity contribution >= 4 is 39.1 Å². The summed E-state index contributed by atoms with van der Waals surface area (Å²) in [7, 11) is 1.57. The lowest BCUT2D eigenvalue weighted by Gasteiger charge is -2.13. The van der Waals surface area contributed by atoms with Crippen molar-refractivity contribution in [3.05, 3.63) is 27.2 Å². The van der Waals surface area contributed by atoms with Crippen molar-refractivity contribution in [1.82, 2.24) is 0 Å². The van der Waals surface area contributed by atoms with Gasteiger partial charge in [0.05, 0.1) is 11.7 Å². The number of carbonyl (C=O) groups is 1. The van der Waals surface area contributed by atoms with Gasteiger partial charge in [-0.05, 0) is 47.0 Å². The number of hydrogen-bond donors (Lipinski definition) is 2. The molecule has 1 aromatic rings. The molecular formula is C12H16BrClN2O2. The van der Waals surface area contributed by atoms with Gasteiger partial charge >= 0.3 is 0 Å². The molecule has 0 aliphatic carbocycles. The third-order valence-electron chi connectivity index (χ3n) is 2.48. The first-order valence-corrected chi connectivity index (χ1v) is 6.63. The topological polar surface area (TPSA) is 64.3 Å². The normalized spacial score (nSPS) is 12.3. The molecule has 18 heavy (non-hydrogen) atoms. The van der Waals surface area contributed by atoms with E-state index in [9.17, 15) is 4.79 Å². The lowest BCUT2D eigenvalue weighted by molar-refractivity contribution is -0.117. The summed E-state index contributed by atoms with van der Waals surface area (Å²) < 4.78 is 5.66. The zero-order chi connectivity index (χ0) is 13.7. The molecule has 1 rings (SSSR count). The number of hydrogen-bond acceptors (Lipinski definition) is 3. The first-order chi connectivity index (χ1) is 8.45. The predicted molar refractivity (Wildman–Crippen MR) is 77.0 cm³/mol. The summed E-state index contributed by atoms with van der Waals surface area (Å²) >= 11 is 9.38. The largest absolute Gasteiger partial charge is 0.385 e. The highest BCUT2D eigenvalue weighted by Gasteiger charge is 2.15. The Bertz CT molecular complexity index is 440. The highest BCUT2D eigenvalue weighted by molar-refractivity contribution is 9.10. The second-order valence-corrected chi connectivity index (χ2v) is 5.22. The van der Waals surface area contributed by atoms with E-state index < -0.39 is 6.04 Å². The number of carbonyl (C=O) groups excluding carboxylic acids is 1. The summed E-state index contributed by atoms with van der Waals surface area (Å²) in [6.07, 6.45) is 0.472. The van der Waals surface area contributed by atoms with Crippen LogP contribution in [0.1, 0.15) is 12.0 Å². The maximum absolute atomic E-state index is 11.8. The number of methoxy groups -OCH3 is 1. The van der Waals surface area contributed by atoms with Crippen molar-refractivity contribution < 1.29 is 9.53 Å². The number of amides is 1. The Morgan fingerprint density at radius 1 is 1.61 bits per heavy atom. The average molecular weight is 336 g/mol. The molecule has 4 nitrogen and oxygen atoms in total. The molecule has 0 saturated carbocycles. The molecule has 0 bridgehead atoms. The molecule has 0 aliphatic heterocycles. The fourth-order valence-corrected chi connectivity index (χ4v) is 2.06. The van der Waals surface area contributed by atoms with Crippen LogP contribution in [0.25, 0.3) is 0 Å². The summed E-state index contributed by atoms with van der Waals surface area (Å²) in [5.74, 6) is -0.257. The number of halogens is 2. The van der Waals surface area contributed by atoms with Crippen LogP contribution in [0.4, 0.5) is 5.69 Å². The van der Waals surface area contributed by atoms with Crippen LogP contribution >= 0.6 is 27.5 Å². The molecule has 0 saturated heterocycles. The predicted octanol–water partition coefficient (Wildman–Crippen LogP) is 2.71. The fourth-order valence-electron chi connectivity index (χ4n) is 1.34. The van der Waals surface area contributed by atoms with Gasteiger partial charge in [0.15, 0.2) is 0 Å². The molecule has 1 amide bonds. The number of benzene rings is 1. The molecule has 0 aromatic heterocycles. The minimum absolute atomic E-state index is 0.257. The number of aryl methyl sites for hydroxylation is 1. The van der Waals surface area contributed by atoms with Crippen LogP contribution in [0.3, 0.4) is 0 Å². The van der Waals surface area contributed by atoms with Gasteiger partial charge in [-0.25, -0.2) is 0 Å². The van der Waals surface area contributed by atoms with Crippen LogP contribution in [0.5, 0.6) is 0 Å². The molecule has 0 heterocycles. The lowest BCUT2D eigenvalue weighted by Crippen LogP contribution is -2.36. The Labute approximate surface area is 120 Å². The summed E-state index contributed by atoms with van der Waals surface area (Å²) in [5, 5.41) is 3.33. The third kappa shape index (κ3) is 4.24. The molecule has 3 N–H and O–H groups in total. The maximum Gasteiger partial charge on any atom is 0.241 e. The van der Waals surface area contributed by atoms with E-state index >= 15 is 0 Å². The summed E-state index contributed by atoms with van der Waals surface area (Å²) in [6, 6.07) is 2.94. The Morgan fingerprint density at radius 3 is 2.89 bits per heavy atom. The van der Waals surface area contributed by atoms with Gasteiger partial charge in [0.1, 0.15) is 0 Å². The van der Waals surface area contributed by atoms with Gasteiger partial charge in [0.25, 0.3) is 0 Å². The van der Waals surface area contributed by atoms with Crippen LogP contribution in [-0.2, 0) is 9.53 Å². The van der Waals surface area contributed by atoms with E-state index in [-0.39, 0.29) is 5.91 Å². The number of nitrogens with two attached hydrogens (primary N) is 1. The average Bonchev–Trinajstić information content (AvgIpc) is 2.32. The van der Waals surface area contributed by atoms with Gasteiger partial charge in [-0.2, -0.15) is 0 Å². The highest BCUT2D eigenvalue weighted by atomic mass is 79.9. The maximum atomic E-state index is 11.8. The summed E-state index contributed by atoms with van der Waals surface area (Å²) in [4.78, 5) is 11.8. The number of ether oxygens (including phenoxy) is 1. The molecule has 0 spiro atoms.